The van der Waals surface area contributed by atoms with Gasteiger partial charge in [-0.1, -0.05) is 41.9 Å². The number of fused-ring (bicyclic) bond motifs is 1. The first-order chi connectivity index (χ1) is 12.8. The molecule has 7 nitrogen and oxygen atoms in total. The van der Waals surface area contributed by atoms with Crippen LogP contribution in [0.3, 0.4) is 0 Å². The number of amides is 1. The Kier molecular flexibility index (Phi) is 5.46. The van der Waals surface area contributed by atoms with Gasteiger partial charge in [0.2, 0.25) is 11.9 Å². The van der Waals surface area contributed by atoms with Gasteiger partial charge < -0.3 is 0 Å². The first-order valence-corrected chi connectivity index (χ1v) is 9.56. The van der Waals surface area contributed by atoms with Gasteiger partial charge in [0.25, 0.3) is 11.3 Å². The van der Waals surface area contributed by atoms with Gasteiger partial charge in [0.05, 0.1) is 6.54 Å². The number of aromatic nitrogens is 4. The molecular weight excluding hydrogens is 410 g/mol. The maximum Gasteiger partial charge on any atom is 0.277 e. The van der Waals surface area contributed by atoms with E-state index in [9.17, 15) is 9.59 Å². The molecule has 0 saturated carbocycles. The van der Waals surface area contributed by atoms with E-state index in [4.69, 9.17) is 0 Å². The van der Waals surface area contributed by atoms with Gasteiger partial charge >= 0.3 is 0 Å². The Hall–Kier alpha value is -2.48. The molecule has 0 unspecified atom stereocenters. The molecule has 2 heterocycles. The summed E-state index contributed by atoms with van der Waals surface area (Å²) in [4.78, 5) is 35.7. The highest BCUT2D eigenvalue weighted by molar-refractivity contribution is 9.10. The summed E-state index contributed by atoms with van der Waals surface area (Å²) in [6, 6.07) is 7.75. The predicted molar refractivity (Wildman–Crippen MR) is 108 cm³/mol. The van der Waals surface area contributed by atoms with E-state index in [0.29, 0.717) is 30.2 Å². The van der Waals surface area contributed by atoms with E-state index >= 15 is 0 Å². The summed E-state index contributed by atoms with van der Waals surface area (Å²) in [6.07, 6.45) is 0.383. The maximum absolute atomic E-state index is 12.9. The average Bonchev–Trinajstić information content (AvgIpc) is 3.02. The van der Waals surface area contributed by atoms with E-state index in [-0.39, 0.29) is 23.2 Å². The zero-order valence-corrected chi connectivity index (χ0v) is 17.4. The highest BCUT2D eigenvalue weighted by Gasteiger charge is 2.22. The van der Waals surface area contributed by atoms with Gasteiger partial charge in [0.15, 0.2) is 0 Å². The molecule has 0 aliphatic rings. The smallest absolute Gasteiger partial charge is 0.277 e. The van der Waals surface area contributed by atoms with Gasteiger partial charge in [-0.25, -0.2) is 4.98 Å². The first-order valence-electron chi connectivity index (χ1n) is 8.77. The molecule has 0 fully saturated rings. The van der Waals surface area contributed by atoms with Crippen molar-refractivity contribution in [3.05, 3.63) is 55.9 Å². The SMILES string of the molecule is Cc1nc2nc(N(Cc3ccc(Br)cc3)C(=O)CC(C)C)[nH]n2c(=O)c1C. The summed E-state index contributed by atoms with van der Waals surface area (Å²) in [5, 5.41) is 2.94. The number of aromatic amines is 1. The molecule has 3 aromatic rings. The molecule has 0 saturated heterocycles. The number of hydrogen-bond acceptors (Lipinski definition) is 4. The molecule has 1 N–H and O–H groups in total. The molecule has 27 heavy (non-hydrogen) atoms. The number of H-pyrrole nitrogens is 1. The van der Waals surface area contributed by atoms with Crippen molar-refractivity contribution >= 4 is 33.6 Å². The van der Waals surface area contributed by atoms with Crippen LogP contribution >= 0.6 is 15.9 Å². The molecule has 3 rings (SSSR count). The fourth-order valence-electron chi connectivity index (χ4n) is 2.73. The Morgan fingerprint density at radius 1 is 1.22 bits per heavy atom. The number of carbonyl (C=O) groups excluding carboxylic acids is 1. The van der Waals surface area contributed by atoms with E-state index < -0.39 is 0 Å². The first kappa shape index (κ1) is 19.3. The highest BCUT2D eigenvalue weighted by Crippen LogP contribution is 2.18. The van der Waals surface area contributed by atoms with Gasteiger partial charge in [-0.3, -0.25) is 19.6 Å². The quantitative estimate of drug-likeness (QED) is 0.670. The Morgan fingerprint density at radius 3 is 2.52 bits per heavy atom. The Bertz CT molecular complexity index is 1040. The molecular formula is C19H22BrN5O2. The summed E-state index contributed by atoms with van der Waals surface area (Å²) in [7, 11) is 0. The number of hydrogen-bond donors (Lipinski definition) is 1. The Morgan fingerprint density at radius 2 is 1.89 bits per heavy atom. The summed E-state index contributed by atoms with van der Waals surface area (Å²) >= 11 is 3.42. The third-order valence-electron chi connectivity index (χ3n) is 4.35. The molecule has 0 bridgehead atoms. The van der Waals surface area contributed by atoms with Crippen LogP contribution in [0.2, 0.25) is 0 Å². The molecule has 0 aliphatic carbocycles. The Labute approximate surface area is 165 Å². The number of nitrogens with zero attached hydrogens (tertiary/aromatic N) is 4. The number of anilines is 1. The third-order valence-corrected chi connectivity index (χ3v) is 4.87. The van der Waals surface area contributed by atoms with Crippen LogP contribution in [0.15, 0.2) is 33.5 Å². The van der Waals surface area contributed by atoms with Crippen LogP contribution in [0.5, 0.6) is 0 Å². The van der Waals surface area contributed by atoms with E-state index in [2.05, 4.69) is 31.0 Å². The molecule has 0 aliphatic heterocycles. The zero-order chi connectivity index (χ0) is 19.7. The summed E-state index contributed by atoms with van der Waals surface area (Å²) in [5.74, 6) is 0.725. The fourth-order valence-corrected chi connectivity index (χ4v) is 2.99. The molecule has 142 valence electrons. The van der Waals surface area contributed by atoms with Gasteiger partial charge in [-0.2, -0.15) is 9.50 Å². The number of aryl methyl sites for hydroxylation is 1. The van der Waals surface area contributed by atoms with Gasteiger partial charge in [0, 0.05) is 22.2 Å². The number of nitrogens with one attached hydrogen (secondary N) is 1. The van der Waals surface area contributed by atoms with Crippen LogP contribution in [-0.2, 0) is 11.3 Å². The molecule has 8 heteroatoms. The van der Waals surface area contributed by atoms with E-state index in [1.165, 1.54) is 4.52 Å². The zero-order valence-electron chi connectivity index (χ0n) is 15.8. The van der Waals surface area contributed by atoms with Crippen molar-refractivity contribution in [2.75, 3.05) is 4.90 Å². The largest absolute Gasteiger partial charge is 0.277 e. The molecule has 1 amide bonds. The van der Waals surface area contributed by atoms with Crippen molar-refractivity contribution < 1.29 is 4.79 Å². The van der Waals surface area contributed by atoms with Crippen LogP contribution < -0.4 is 10.5 Å². The second kappa shape index (κ2) is 7.64. The summed E-state index contributed by atoms with van der Waals surface area (Å²) in [5.41, 5.74) is 1.93. The standard InChI is InChI=1S/C19H22BrN5O2/c1-11(2)9-16(26)24(10-14-5-7-15(20)8-6-14)19-22-18-21-13(4)12(3)17(27)25(18)23-19/h5-8,11H,9-10H2,1-4H3,(H,21,22,23). The van der Waals surface area contributed by atoms with Gasteiger partial charge in [-0.15, -0.1) is 0 Å². The van der Waals surface area contributed by atoms with Crippen LogP contribution in [0.25, 0.3) is 5.78 Å². The van der Waals surface area contributed by atoms with Crippen molar-refractivity contribution in [3.63, 3.8) is 0 Å². The van der Waals surface area contributed by atoms with E-state index in [1.807, 2.05) is 38.1 Å². The lowest BCUT2D eigenvalue weighted by molar-refractivity contribution is -0.119. The van der Waals surface area contributed by atoms with Crippen molar-refractivity contribution in [3.8, 4) is 0 Å². The number of carbonyl (C=O) groups is 1. The monoisotopic (exact) mass is 431 g/mol. The predicted octanol–water partition coefficient (Wildman–Crippen LogP) is 3.38. The second-order valence-corrected chi connectivity index (χ2v) is 7.93. The van der Waals surface area contributed by atoms with Gasteiger partial charge in [-0.05, 0) is 37.5 Å². The van der Waals surface area contributed by atoms with Crippen LogP contribution in [-0.4, -0.2) is 25.5 Å². The maximum atomic E-state index is 12.9. The summed E-state index contributed by atoms with van der Waals surface area (Å²) in [6.45, 7) is 7.83. The molecule has 0 atom stereocenters. The average molecular weight is 432 g/mol. The number of rotatable bonds is 5. The van der Waals surface area contributed by atoms with Crippen molar-refractivity contribution in [2.45, 2.75) is 40.7 Å². The van der Waals surface area contributed by atoms with Crippen LogP contribution in [0.4, 0.5) is 5.95 Å². The number of halogens is 1. The lowest BCUT2D eigenvalue weighted by Gasteiger charge is -2.20. The van der Waals surface area contributed by atoms with Crippen molar-refractivity contribution in [1.82, 2.24) is 19.6 Å². The third kappa shape index (κ3) is 4.10. The normalized spacial score (nSPS) is 11.3. The minimum absolute atomic E-state index is 0.0616. The fraction of sp³-hybridized carbons (Fsp3) is 0.368. The molecule has 0 radical (unpaired) electrons. The molecule has 1 aromatic carbocycles. The van der Waals surface area contributed by atoms with E-state index in [1.54, 1.807) is 18.7 Å². The van der Waals surface area contributed by atoms with E-state index in [0.717, 1.165) is 10.0 Å². The topological polar surface area (TPSA) is 83.4 Å². The second-order valence-electron chi connectivity index (χ2n) is 7.01. The van der Waals surface area contributed by atoms with Gasteiger partial charge in [0.1, 0.15) is 0 Å². The minimum Gasteiger partial charge on any atom is -0.277 e. The van der Waals surface area contributed by atoms with Crippen LogP contribution in [0, 0.1) is 19.8 Å². The minimum atomic E-state index is -0.212. The summed E-state index contributed by atoms with van der Waals surface area (Å²) < 4.78 is 2.26. The lowest BCUT2D eigenvalue weighted by Crippen LogP contribution is -2.32. The lowest BCUT2D eigenvalue weighted by atomic mass is 10.1. The van der Waals surface area contributed by atoms with Crippen molar-refractivity contribution in [2.24, 2.45) is 5.92 Å². The molecule has 0 spiro atoms. The molecule has 2 aromatic heterocycles. The Balaban J connectivity index is 2.05. The number of benzene rings is 1. The van der Waals surface area contributed by atoms with Crippen molar-refractivity contribution in [1.29, 1.82) is 0 Å². The van der Waals surface area contributed by atoms with Crippen LogP contribution in [0.1, 0.15) is 37.1 Å². The highest BCUT2D eigenvalue weighted by atomic mass is 79.9.